The number of hydrogen-bond acceptors (Lipinski definition) is 6. The molecule has 1 aliphatic heterocycles. The van der Waals surface area contributed by atoms with Crippen molar-refractivity contribution in [2.75, 3.05) is 31.1 Å². The van der Waals surface area contributed by atoms with E-state index in [4.69, 9.17) is 11.6 Å². The van der Waals surface area contributed by atoms with Gasteiger partial charge < -0.3 is 14.8 Å². The molecule has 1 saturated heterocycles. The number of rotatable bonds is 7. The van der Waals surface area contributed by atoms with E-state index >= 15 is 0 Å². The van der Waals surface area contributed by atoms with Crippen LogP contribution in [0.25, 0.3) is 0 Å². The highest BCUT2D eigenvalue weighted by atomic mass is 35.5. The number of aromatic nitrogens is 2. The van der Waals surface area contributed by atoms with Crippen LogP contribution in [-0.4, -0.2) is 52.7 Å². The molecular formula is C25H25ClN4O3S. The molecule has 0 spiro atoms. The quantitative estimate of drug-likeness (QED) is 0.304. The number of H-pyrrole nitrogens is 1. The van der Waals surface area contributed by atoms with Crippen molar-refractivity contribution >= 4 is 40.7 Å². The van der Waals surface area contributed by atoms with E-state index in [1.54, 1.807) is 6.92 Å². The fourth-order valence-corrected chi connectivity index (χ4v) is 4.86. The van der Waals surface area contributed by atoms with Crippen molar-refractivity contribution in [1.82, 2.24) is 14.9 Å². The predicted molar refractivity (Wildman–Crippen MR) is 135 cm³/mol. The molecular weight excluding hydrogens is 472 g/mol. The Morgan fingerprint density at radius 1 is 1.06 bits per heavy atom. The van der Waals surface area contributed by atoms with Crippen molar-refractivity contribution in [3.63, 3.8) is 0 Å². The zero-order chi connectivity index (χ0) is 24.1. The fourth-order valence-electron chi connectivity index (χ4n) is 3.81. The highest BCUT2D eigenvalue weighted by Gasteiger charge is 2.22. The summed E-state index contributed by atoms with van der Waals surface area (Å²) in [5.74, 6) is 0.604. The van der Waals surface area contributed by atoms with Crippen LogP contribution in [0, 0.1) is 0 Å². The number of amides is 1. The summed E-state index contributed by atoms with van der Waals surface area (Å²) in [7, 11) is 0. The van der Waals surface area contributed by atoms with Crippen molar-refractivity contribution in [2.24, 2.45) is 0 Å². The van der Waals surface area contributed by atoms with Gasteiger partial charge in [-0.2, -0.15) is 0 Å². The summed E-state index contributed by atoms with van der Waals surface area (Å²) in [6, 6.07) is 16.4. The molecule has 0 atom stereocenters. The first kappa shape index (κ1) is 24.0. The van der Waals surface area contributed by atoms with Gasteiger partial charge in [-0.3, -0.25) is 14.4 Å². The van der Waals surface area contributed by atoms with E-state index in [9.17, 15) is 14.4 Å². The lowest BCUT2D eigenvalue weighted by Crippen LogP contribution is -2.49. The average Bonchev–Trinajstić information content (AvgIpc) is 2.82. The van der Waals surface area contributed by atoms with E-state index in [1.165, 1.54) is 17.8 Å². The van der Waals surface area contributed by atoms with Crippen LogP contribution in [-0.2, 0) is 17.0 Å². The molecule has 0 bridgehead atoms. The van der Waals surface area contributed by atoms with Gasteiger partial charge in [-0.25, -0.2) is 4.98 Å². The van der Waals surface area contributed by atoms with E-state index in [1.807, 2.05) is 53.4 Å². The van der Waals surface area contributed by atoms with Crippen molar-refractivity contribution < 1.29 is 9.59 Å². The van der Waals surface area contributed by atoms with Crippen molar-refractivity contribution in [3.8, 4) is 0 Å². The third-order valence-corrected chi connectivity index (χ3v) is 6.82. The van der Waals surface area contributed by atoms with E-state index in [2.05, 4.69) is 14.9 Å². The molecule has 1 aliphatic rings. The fraction of sp³-hybridized carbons (Fsp3) is 0.280. The maximum atomic E-state index is 12.9. The number of ketones is 1. The molecule has 2 aromatic carbocycles. The van der Waals surface area contributed by atoms with E-state index < -0.39 is 0 Å². The molecule has 1 aromatic heterocycles. The molecule has 1 fully saturated rings. The zero-order valence-electron chi connectivity index (χ0n) is 18.8. The lowest BCUT2D eigenvalue weighted by molar-refractivity contribution is -0.130. The average molecular weight is 497 g/mol. The van der Waals surface area contributed by atoms with Gasteiger partial charge in [0.1, 0.15) is 0 Å². The maximum absolute atomic E-state index is 12.9. The van der Waals surface area contributed by atoms with Crippen molar-refractivity contribution in [2.45, 2.75) is 24.3 Å². The van der Waals surface area contributed by atoms with Crippen LogP contribution in [0.15, 0.2) is 64.5 Å². The lowest BCUT2D eigenvalue weighted by atomic mass is 10.1. The van der Waals surface area contributed by atoms with Gasteiger partial charge in [0.05, 0.1) is 12.1 Å². The van der Waals surface area contributed by atoms with E-state index in [0.29, 0.717) is 53.4 Å². The van der Waals surface area contributed by atoms with Gasteiger partial charge in [0.15, 0.2) is 10.9 Å². The van der Waals surface area contributed by atoms with Crippen molar-refractivity contribution in [1.29, 1.82) is 0 Å². The Labute approximate surface area is 207 Å². The minimum absolute atomic E-state index is 0.0429. The molecule has 2 heterocycles. The van der Waals surface area contributed by atoms with Crippen LogP contribution in [0.1, 0.15) is 28.5 Å². The number of benzene rings is 2. The number of aromatic amines is 1. The van der Waals surface area contributed by atoms with Gasteiger partial charge in [-0.05, 0) is 48.9 Å². The number of halogens is 1. The zero-order valence-corrected chi connectivity index (χ0v) is 20.4. The summed E-state index contributed by atoms with van der Waals surface area (Å²) in [6.45, 7) is 4.14. The van der Waals surface area contributed by atoms with E-state index in [0.717, 1.165) is 11.3 Å². The molecule has 1 amide bonds. The van der Waals surface area contributed by atoms with Gasteiger partial charge in [0, 0.05) is 54.3 Å². The highest BCUT2D eigenvalue weighted by Crippen LogP contribution is 2.21. The molecule has 7 nitrogen and oxygen atoms in total. The second-order valence-corrected chi connectivity index (χ2v) is 9.51. The minimum Gasteiger partial charge on any atom is -0.368 e. The Morgan fingerprint density at radius 3 is 2.47 bits per heavy atom. The normalized spacial score (nSPS) is 13.7. The topological polar surface area (TPSA) is 86.4 Å². The first-order valence-corrected chi connectivity index (χ1v) is 12.3. The number of piperazine rings is 1. The van der Waals surface area contributed by atoms with E-state index in [-0.39, 0.29) is 23.7 Å². The summed E-state index contributed by atoms with van der Waals surface area (Å²) < 4.78 is 0. The SMILES string of the molecule is CC(=O)c1ccc(N2CCN(C(=O)Cc3cc(=O)[nH]c(SCc4cccc(Cl)c4)n3)CC2)cc1. The monoisotopic (exact) mass is 496 g/mol. The first-order chi connectivity index (χ1) is 16.4. The number of anilines is 1. The standard InChI is InChI=1S/C25H25ClN4O3S/c1-17(31)19-5-7-22(8-6-19)29-9-11-30(12-10-29)24(33)15-21-14-23(32)28-25(27-21)34-16-18-3-2-4-20(26)13-18/h2-8,13-14H,9-12,15-16H2,1H3,(H,27,28,32). The smallest absolute Gasteiger partial charge is 0.251 e. The van der Waals surface area contributed by atoms with Crippen LogP contribution in [0.2, 0.25) is 5.02 Å². The first-order valence-electron chi connectivity index (χ1n) is 11.0. The predicted octanol–water partition coefficient (Wildman–Crippen LogP) is 3.81. The molecule has 0 radical (unpaired) electrons. The molecule has 3 aromatic rings. The van der Waals surface area contributed by atoms with Gasteiger partial charge in [0.2, 0.25) is 5.91 Å². The maximum Gasteiger partial charge on any atom is 0.251 e. The molecule has 1 N–H and O–H groups in total. The third-order valence-electron chi connectivity index (χ3n) is 5.64. The van der Waals surface area contributed by atoms with Gasteiger partial charge in [0.25, 0.3) is 5.56 Å². The molecule has 0 unspecified atom stereocenters. The van der Waals surface area contributed by atoms with Crippen LogP contribution in [0.4, 0.5) is 5.69 Å². The lowest BCUT2D eigenvalue weighted by Gasteiger charge is -2.36. The van der Waals surface area contributed by atoms with Crippen LogP contribution in [0.5, 0.6) is 0 Å². The number of nitrogens with zero attached hydrogens (tertiary/aromatic N) is 3. The number of Topliss-reactive ketones (excluding diaryl/α,β-unsaturated/α-hetero) is 1. The van der Waals surface area contributed by atoms with Crippen LogP contribution >= 0.6 is 23.4 Å². The van der Waals surface area contributed by atoms with Crippen molar-refractivity contribution in [3.05, 3.63) is 86.8 Å². The molecule has 0 aliphatic carbocycles. The van der Waals surface area contributed by atoms with Crippen LogP contribution in [0.3, 0.4) is 0 Å². The number of carbonyl (C=O) groups is 2. The molecule has 0 saturated carbocycles. The number of thioether (sulfide) groups is 1. The van der Waals surface area contributed by atoms with Crippen LogP contribution < -0.4 is 10.5 Å². The van der Waals surface area contributed by atoms with Gasteiger partial charge in [-0.15, -0.1) is 0 Å². The Bertz CT molecular complexity index is 1240. The van der Waals surface area contributed by atoms with Gasteiger partial charge in [-0.1, -0.05) is 35.5 Å². The molecule has 9 heteroatoms. The molecule has 34 heavy (non-hydrogen) atoms. The Hall–Kier alpha value is -3.10. The molecule has 4 rings (SSSR count). The summed E-state index contributed by atoms with van der Waals surface area (Å²) >= 11 is 7.43. The second kappa shape index (κ2) is 10.9. The summed E-state index contributed by atoms with van der Waals surface area (Å²) in [5, 5.41) is 1.14. The number of hydrogen-bond donors (Lipinski definition) is 1. The Balaban J connectivity index is 1.33. The minimum atomic E-state index is -0.273. The highest BCUT2D eigenvalue weighted by molar-refractivity contribution is 7.98. The Kier molecular flexibility index (Phi) is 7.70. The summed E-state index contributed by atoms with van der Waals surface area (Å²) in [5.41, 5.74) is 2.94. The number of carbonyl (C=O) groups excluding carboxylic acids is 2. The largest absolute Gasteiger partial charge is 0.368 e. The third kappa shape index (κ3) is 6.27. The summed E-state index contributed by atoms with van der Waals surface area (Å²) in [4.78, 5) is 47.7. The van der Waals surface area contributed by atoms with Gasteiger partial charge >= 0.3 is 0 Å². The number of nitrogens with one attached hydrogen (secondary N) is 1. The summed E-state index contributed by atoms with van der Waals surface area (Å²) in [6.07, 6.45) is 0.0853. The Morgan fingerprint density at radius 2 is 1.79 bits per heavy atom. The molecule has 176 valence electrons. The second-order valence-electron chi connectivity index (χ2n) is 8.11.